The van der Waals surface area contributed by atoms with Crippen LogP contribution in [0.5, 0.6) is 0 Å². The molecule has 1 aliphatic rings. The van der Waals surface area contributed by atoms with Gasteiger partial charge >= 0.3 is 0 Å². The van der Waals surface area contributed by atoms with Crippen molar-refractivity contribution in [3.8, 4) is 0 Å². The Labute approximate surface area is 98.1 Å². The van der Waals surface area contributed by atoms with Crippen LogP contribution in [-0.4, -0.2) is 28.9 Å². The van der Waals surface area contributed by atoms with Crippen LogP contribution in [0.2, 0.25) is 0 Å². The average Bonchev–Trinajstić information content (AvgIpc) is 3.10. The highest BCUT2D eigenvalue weighted by Gasteiger charge is 2.41. The van der Waals surface area contributed by atoms with Gasteiger partial charge in [-0.3, -0.25) is 0 Å². The van der Waals surface area contributed by atoms with Crippen molar-refractivity contribution in [2.45, 2.75) is 24.5 Å². The summed E-state index contributed by atoms with van der Waals surface area (Å²) in [6, 6.07) is 2.99. The average molecular weight is 243 g/mol. The first-order valence-corrected chi connectivity index (χ1v) is 5.55. The second-order valence-corrected chi connectivity index (χ2v) is 4.50. The third-order valence-electron chi connectivity index (χ3n) is 3.14. The molecular formula is C12H15F2NO2. The number of β-amino-alcohol motifs (C(OH)–C–C–N with tert-alkyl or cyclic N) is 1. The summed E-state index contributed by atoms with van der Waals surface area (Å²) in [7, 11) is 0. The molecule has 1 saturated carbocycles. The number of hydrogen-bond donors (Lipinski definition) is 3. The minimum Gasteiger partial charge on any atom is -0.394 e. The molecule has 1 unspecified atom stereocenters. The summed E-state index contributed by atoms with van der Waals surface area (Å²) in [5.74, 6) is -1.21. The maximum Gasteiger partial charge on any atom is 0.129 e. The van der Waals surface area contributed by atoms with Crippen LogP contribution in [-0.2, 0) is 0 Å². The second-order valence-electron chi connectivity index (χ2n) is 4.50. The molecule has 1 atom stereocenters. The molecule has 94 valence electrons. The van der Waals surface area contributed by atoms with Crippen molar-refractivity contribution in [2.75, 3.05) is 13.2 Å². The minimum absolute atomic E-state index is 0.00858. The molecule has 0 radical (unpaired) electrons. The predicted molar refractivity (Wildman–Crippen MR) is 58.4 cm³/mol. The van der Waals surface area contributed by atoms with E-state index in [1.807, 2.05) is 0 Å². The highest BCUT2D eigenvalue weighted by molar-refractivity contribution is 5.21. The molecule has 3 nitrogen and oxygen atoms in total. The summed E-state index contributed by atoms with van der Waals surface area (Å²) in [5, 5.41) is 21.8. The molecule has 2 rings (SSSR count). The largest absolute Gasteiger partial charge is 0.394 e. The van der Waals surface area contributed by atoms with Gasteiger partial charge in [0, 0.05) is 17.6 Å². The third-order valence-corrected chi connectivity index (χ3v) is 3.14. The fraction of sp³-hybridized carbons (Fsp3) is 0.500. The van der Waals surface area contributed by atoms with Crippen LogP contribution in [0, 0.1) is 11.6 Å². The number of aliphatic hydroxyl groups is 2. The Morgan fingerprint density at radius 2 is 2.06 bits per heavy atom. The highest BCUT2D eigenvalue weighted by Crippen LogP contribution is 2.35. The Hall–Kier alpha value is -1.04. The SMILES string of the molecule is OCC1(NCC(O)c2cc(F)ccc2F)CC1. The minimum atomic E-state index is -1.12. The Morgan fingerprint density at radius 3 is 2.65 bits per heavy atom. The standard InChI is InChI=1S/C12H15F2NO2/c13-8-1-2-10(14)9(5-8)11(17)6-15-12(7-16)3-4-12/h1-2,5,11,15-17H,3-4,6-7H2. The fourth-order valence-electron chi connectivity index (χ4n) is 1.73. The first-order valence-electron chi connectivity index (χ1n) is 5.55. The van der Waals surface area contributed by atoms with Gasteiger partial charge in [-0.1, -0.05) is 0 Å². The number of nitrogens with one attached hydrogen (secondary N) is 1. The predicted octanol–water partition coefficient (Wildman–Crippen LogP) is 1.11. The second kappa shape index (κ2) is 4.68. The van der Waals surface area contributed by atoms with Crippen LogP contribution in [0.3, 0.4) is 0 Å². The molecule has 0 heterocycles. The van der Waals surface area contributed by atoms with Crippen LogP contribution < -0.4 is 5.32 Å². The Balaban J connectivity index is 1.99. The molecule has 1 aromatic carbocycles. The lowest BCUT2D eigenvalue weighted by Crippen LogP contribution is -2.37. The van der Waals surface area contributed by atoms with Crippen LogP contribution in [0.1, 0.15) is 24.5 Å². The van der Waals surface area contributed by atoms with Crippen molar-refractivity contribution in [1.82, 2.24) is 5.32 Å². The van der Waals surface area contributed by atoms with Crippen molar-refractivity contribution < 1.29 is 19.0 Å². The quantitative estimate of drug-likeness (QED) is 0.726. The van der Waals surface area contributed by atoms with E-state index in [-0.39, 0.29) is 24.3 Å². The highest BCUT2D eigenvalue weighted by atomic mass is 19.1. The maximum absolute atomic E-state index is 13.3. The zero-order valence-electron chi connectivity index (χ0n) is 9.29. The van der Waals surface area contributed by atoms with Gasteiger partial charge in [-0.05, 0) is 31.0 Å². The Morgan fingerprint density at radius 1 is 1.35 bits per heavy atom. The van der Waals surface area contributed by atoms with Gasteiger partial charge in [-0.2, -0.15) is 0 Å². The van der Waals surface area contributed by atoms with Crippen LogP contribution in [0.25, 0.3) is 0 Å². The van der Waals surface area contributed by atoms with E-state index in [1.54, 1.807) is 0 Å². The summed E-state index contributed by atoms with van der Waals surface area (Å²) in [6.07, 6.45) is 0.554. The van der Waals surface area contributed by atoms with E-state index in [0.29, 0.717) is 0 Å². The van der Waals surface area contributed by atoms with Gasteiger partial charge in [0.1, 0.15) is 11.6 Å². The number of halogens is 2. The van der Waals surface area contributed by atoms with E-state index < -0.39 is 17.7 Å². The lowest BCUT2D eigenvalue weighted by molar-refractivity contribution is 0.150. The van der Waals surface area contributed by atoms with Crippen molar-refractivity contribution in [3.63, 3.8) is 0 Å². The summed E-state index contributed by atoms with van der Waals surface area (Å²) >= 11 is 0. The monoisotopic (exact) mass is 243 g/mol. The van der Waals surface area contributed by atoms with E-state index >= 15 is 0 Å². The molecule has 0 aliphatic heterocycles. The molecule has 1 fully saturated rings. The van der Waals surface area contributed by atoms with Gasteiger partial charge in [-0.15, -0.1) is 0 Å². The molecule has 1 aliphatic carbocycles. The molecule has 0 amide bonds. The van der Waals surface area contributed by atoms with Crippen molar-refractivity contribution in [2.24, 2.45) is 0 Å². The van der Waals surface area contributed by atoms with Crippen LogP contribution in [0.15, 0.2) is 18.2 Å². The lowest BCUT2D eigenvalue weighted by Gasteiger charge is -2.18. The summed E-state index contributed by atoms with van der Waals surface area (Å²) in [5.41, 5.74) is -0.392. The van der Waals surface area contributed by atoms with Crippen molar-refractivity contribution in [1.29, 1.82) is 0 Å². The smallest absolute Gasteiger partial charge is 0.129 e. The number of hydrogen-bond acceptors (Lipinski definition) is 3. The fourth-order valence-corrected chi connectivity index (χ4v) is 1.73. The van der Waals surface area contributed by atoms with E-state index in [0.717, 1.165) is 31.0 Å². The van der Waals surface area contributed by atoms with E-state index in [1.165, 1.54) is 0 Å². The molecule has 0 spiro atoms. The summed E-state index contributed by atoms with van der Waals surface area (Å²) < 4.78 is 26.3. The molecule has 3 N–H and O–H groups in total. The molecule has 17 heavy (non-hydrogen) atoms. The molecular weight excluding hydrogens is 228 g/mol. The normalized spacial score (nSPS) is 19.1. The van der Waals surface area contributed by atoms with Gasteiger partial charge in [-0.25, -0.2) is 8.78 Å². The third kappa shape index (κ3) is 2.80. The van der Waals surface area contributed by atoms with Gasteiger partial charge < -0.3 is 15.5 Å². The molecule has 0 bridgehead atoms. The number of rotatable bonds is 5. The molecule has 1 aromatic rings. The van der Waals surface area contributed by atoms with E-state index in [4.69, 9.17) is 5.11 Å². The Kier molecular flexibility index (Phi) is 3.42. The Bertz CT molecular complexity index is 407. The molecule has 5 heteroatoms. The van der Waals surface area contributed by atoms with Crippen molar-refractivity contribution >= 4 is 0 Å². The van der Waals surface area contributed by atoms with Gasteiger partial charge in [0.25, 0.3) is 0 Å². The maximum atomic E-state index is 13.3. The van der Waals surface area contributed by atoms with Crippen LogP contribution in [0.4, 0.5) is 8.78 Å². The van der Waals surface area contributed by atoms with Gasteiger partial charge in [0.05, 0.1) is 12.7 Å². The lowest BCUT2D eigenvalue weighted by atomic mass is 10.1. The van der Waals surface area contributed by atoms with Crippen molar-refractivity contribution in [3.05, 3.63) is 35.4 Å². The first-order chi connectivity index (χ1) is 8.06. The van der Waals surface area contributed by atoms with Gasteiger partial charge in [0.15, 0.2) is 0 Å². The topological polar surface area (TPSA) is 52.5 Å². The molecule has 0 aromatic heterocycles. The number of aliphatic hydroxyl groups excluding tert-OH is 2. The first kappa shape index (κ1) is 12.4. The summed E-state index contributed by atoms with van der Waals surface area (Å²) in [6.45, 7) is 0.0896. The van der Waals surface area contributed by atoms with Gasteiger partial charge in [0.2, 0.25) is 0 Å². The summed E-state index contributed by atoms with van der Waals surface area (Å²) in [4.78, 5) is 0. The van der Waals surface area contributed by atoms with E-state index in [9.17, 15) is 13.9 Å². The van der Waals surface area contributed by atoms with E-state index in [2.05, 4.69) is 5.32 Å². The molecule has 0 saturated heterocycles. The van der Waals surface area contributed by atoms with Crippen LogP contribution >= 0.6 is 0 Å². The zero-order chi connectivity index (χ0) is 12.5. The zero-order valence-corrected chi connectivity index (χ0v) is 9.29. The number of benzene rings is 1.